The summed E-state index contributed by atoms with van der Waals surface area (Å²) < 4.78 is 5.44. The van der Waals surface area contributed by atoms with Crippen molar-refractivity contribution in [3.63, 3.8) is 0 Å². The van der Waals surface area contributed by atoms with Crippen LogP contribution in [0.3, 0.4) is 0 Å². The Kier molecular flexibility index (Phi) is 5.62. The molecule has 4 atom stereocenters. The van der Waals surface area contributed by atoms with Crippen molar-refractivity contribution in [3.8, 4) is 5.75 Å². The lowest BCUT2D eigenvalue weighted by Crippen LogP contribution is -2.65. The van der Waals surface area contributed by atoms with Crippen molar-refractivity contribution in [1.29, 1.82) is 0 Å². The first-order valence-electron chi connectivity index (χ1n) is 11.8. The second-order valence-electron chi connectivity index (χ2n) is 10.0. The van der Waals surface area contributed by atoms with Crippen molar-refractivity contribution < 1.29 is 39.5 Å². The fraction of sp³-hybridized carbons (Fsp3) is 0.480. The van der Waals surface area contributed by atoms with Gasteiger partial charge in [-0.15, -0.1) is 0 Å². The highest BCUT2D eigenvalue weighted by molar-refractivity contribution is 6.24. The molecule has 0 unspecified atom stereocenters. The maximum Gasteiger partial charge on any atom is 0.255 e. The second-order valence-corrected chi connectivity index (χ2v) is 10.0. The number of morpholine rings is 1. The highest BCUT2D eigenvalue weighted by atomic mass is 16.5. The van der Waals surface area contributed by atoms with Crippen LogP contribution in [0, 0.1) is 11.8 Å². The summed E-state index contributed by atoms with van der Waals surface area (Å²) in [4.78, 5) is 42.6. The van der Waals surface area contributed by atoms with Crippen LogP contribution in [0.15, 0.2) is 29.0 Å². The molecule has 1 saturated heterocycles. The summed E-state index contributed by atoms with van der Waals surface area (Å²) in [6.07, 6.45) is 0.319. The number of nitrogens with two attached hydrogens (primary N) is 1. The van der Waals surface area contributed by atoms with E-state index in [1.165, 1.54) is 11.0 Å². The number of amides is 1. The zero-order chi connectivity index (χ0) is 26.1. The number of anilines is 1. The van der Waals surface area contributed by atoms with Gasteiger partial charge in [-0.2, -0.15) is 0 Å². The van der Waals surface area contributed by atoms with Gasteiger partial charge in [0.25, 0.3) is 5.91 Å². The van der Waals surface area contributed by atoms with Gasteiger partial charge in [-0.25, -0.2) is 0 Å². The van der Waals surface area contributed by atoms with E-state index in [0.717, 1.165) is 5.69 Å². The molecule has 1 aromatic rings. The first kappa shape index (κ1) is 24.3. The maximum absolute atomic E-state index is 13.8. The number of carbonyl (C=O) groups excluding carboxylic acids is 3. The molecule has 0 radical (unpaired) electrons. The number of fused-ring (bicyclic) bond motifs is 3. The van der Waals surface area contributed by atoms with Gasteiger partial charge in [0.15, 0.2) is 11.4 Å². The molecule has 36 heavy (non-hydrogen) atoms. The van der Waals surface area contributed by atoms with Crippen molar-refractivity contribution in [2.75, 3.05) is 45.3 Å². The quantitative estimate of drug-likeness (QED) is 0.350. The number of primary amides is 1. The Bertz CT molecular complexity index is 1250. The molecule has 3 aliphatic carbocycles. The van der Waals surface area contributed by atoms with E-state index in [-0.39, 0.29) is 29.7 Å². The number of ether oxygens (including phenoxy) is 1. The van der Waals surface area contributed by atoms with Crippen LogP contribution in [0.2, 0.25) is 0 Å². The van der Waals surface area contributed by atoms with Crippen LogP contribution in [-0.4, -0.2) is 94.8 Å². The number of ketones is 2. The van der Waals surface area contributed by atoms with Gasteiger partial charge in [-0.3, -0.25) is 19.3 Å². The van der Waals surface area contributed by atoms with Crippen LogP contribution in [0.25, 0.3) is 5.76 Å². The van der Waals surface area contributed by atoms with E-state index in [9.17, 15) is 34.8 Å². The Balaban J connectivity index is 1.70. The fourth-order valence-corrected chi connectivity index (χ4v) is 6.33. The van der Waals surface area contributed by atoms with Gasteiger partial charge in [0.1, 0.15) is 22.8 Å². The Hall–Kier alpha value is -3.41. The molecule has 11 heteroatoms. The number of aromatic hydroxyl groups is 1. The molecule has 0 aromatic heterocycles. The molecule has 1 aromatic carbocycles. The standard InChI is InChI=1S/C25H29N3O8/c1-27(2)19-13-10-11-9-12-14(28-5-7-36-8-6-28)3-4-15(29)17(12)20(30)16(11)22(32)25(13,35)23(33)18(21(19)31)24(26)34/h3-4,11,13,19,29-30,33,35H,5-10H2,1-2H3,(H2,26,34)/t11-,13-,19+,25-/m0/s1. The summed E-state index contributed by atoms with van der Waals surface area (Å²) in [5, 5.41) is 44.5. The Morgan fingerprint density at radius 3 is 2.44 bits per heavy atom. The smallest absolute Gasteiger partial charge is 0.255 e. The average Bonchev–Trinajstić information content (AvgIpc) is 2.81. The maximum atomic E-state index is 13.8. The molecule has 11 nitrogen and oxygen atoms in total. The summed E-state index contributed by atoms with van der Waals surface area (Å²) in [6.45, 7) is 2.29. The highest BCUT2D eigenvalue weighted by Gasteiger charge is 2.64. The van der Waals surface area contributed by atoms with Gasteiger partial charge in [0.05, 0.1) is 24.8 Å². The van der Waals surface area contributed by atoms with E-state index < -0.39 is 58.0 Å². The van der Waals surface area contributed by atoms with Gasteiger partial charge in [0, 0.05) is 30.3 Å². The number of nitrogens with zero attached hydrogens (tertiary/aromatic N) is 2. The van der Waals surface area contributed by atoms with Crippen LogP contribution in [0.5, 0.6) is 5.75 Å². The van der Waals surface area contributed by atoms with Crippen LogP contribution in [0.4, 0.5) is 5.69 Å². The third kappa shape index (κ3) is 3.19. The minimum Gasteiger partial charge on any atom is -0.508 e. The van der Waals surface area contributed by atoms with Crippen molar-refractivity contribution in [2.24, 2.45) is 17.6 Å². The largest absolute Gasteiger partial charge is 0.508 e. The lowest BCUT2D eigenvalue weighted by atomic mass is 9.57. The molecule has 2 fully saturated rings. The van der Waals surface area contributed by atoms with Crippen molar-refractivity contribution in [3.05, 3.63) is 40.2 Å². The molecule has 6 N–H and O–H groups in total. The van der Waals surface area contributed by atoms with Crippen molar-refractivity contribution in [1.82, 2.24) is 4.90 Å². The number of Topliss-reactive ketones (excluding diaryl/α,β-unsaturated/α-hetero) is 2. The molecule has 5 rings (SSSR count). The van der Waals surface area contributed by atoms with Gasteiger partial charge < -0.3 is 35.8 Å². The molecule has 1 saturated carbocycles. The normalized spacial score (nSPS) is 30.3. The van der Waals surface area contributed by atoms with E-state index in [4.69, 9.17) is 10.5 Å². The predicted octanol–water partition coefficient (Wildman–Crippen LogP) is -0.199. The summed E-state index contributed by atoms with van der Waals surface area (Å²) in [6, 6.07) is 2.10. The Labute approximate surface area is 207 Å². The number of phenols is 1. The third-order valence-corrected chi connectivity index (χ3v) is 7.93. The molecule has 192 valence electrons. The van der Waals surface area contributed by atoms with E-state index in [1.54, 1.807) is 20.2 Å². The number of carbonyl (C=O) groups is 3. The number of rotatable bonds is 3. The molecule has 0 spiro atoms. The zero-order valence-corrected chi connectivity index (χ0v) is 20.0. The molecular formula is C25H29N3O8. The summed E-state index contributed by atoms with van der Waals surface area (Å²) in [7, 11) is 3.14. The first-order chi connectivity index (χ1) is 17.0. The molecule has 1 aliphatic heterocycles. The number of hydrogen-bond donors (Lipinski definition) is 5. The number of likely N-dealkylation sites (N-methyl/N-ethyl adjacent to an activating group) is 1. The number of benzene rings is 1. The minimum absolute atomic E-state index is 0.0595. The number of phenolic OH excluding ortho intramolecular Hbond substituents is 1. The average molecular weight is 500 g/mol. The summed E-state index contributed by atoms with van der Waals surface area (Å²) in [5.41, 5.74) is 3.27. The van der Waals surface area contributed by atoms with E-state index >= 15 is 0 Å². The lowest BCUT2D eigenvalue weighted by molar-refractivity contribution is -0.153. The number of aliphatic hydroxyl groups is 3. The van der Waals surface area contributed by atoms with E-state index in [2.05, 4.69) is 4.90 Å². The molecule has 0 bridgehead atoms. The van der Waals surface area contributed by atoms with E-state index in [1.807, 2.05) is 0 Å². The second kappa shape index (κ2) is 8.32. The van der Waals surface area contributed by atoms with Crippen molar-refractivity contribution in [2.45, 2.75) is 24.5 Å². The highest BCUT2D eigenvalue weighted by Crippen LogP contribution is 2.53. The van der Waals surface area contributed by atoms with Crippen molar-refractivity contribution >= 4 is 28.9 Å². The van der Waals surface area contributed by atoms with Gasteiger partial charge in [0.2, 0.25) is 5.78 Å². The van der Waals surface area contributed by atoms with E-state index in [0.29, 0.717) is 31.9 Å². The minimum atomic E-state index is -2.64. The third-order valence-electron chi connectivity index (χ3n) is 7.93. The molecule has 1 amide bonds. The van der Waals surface area contributed by atoms with Gasteiger partial charge in [-0.05, 0) is 50.6 Å². The van der Waals surface area contributed by atoms with Crippen LogP contribution in [0.1, 0.15) is 17.5 Å². The van der Waals surface area contributed by atoms with Crippen LogP contribution < -0.4 is 10.6 Å². The first-order valence-corrected chi connectivity index (χ1v) is 11.8. The summed E-state index contributed by atoms with van der Waals surface area (Å²) in [5.74, 6) is -6.55. The lowest BCUT2D eigenvalue weighted by Gasteiger charge is -2.50. The topological polar surface area (TPSA) is 174 Å². The molecule has 4 aliphatic rings. The predicted molar refractivity (Wildman–Crippen MR) is 127 cm³/mol. The SMILES string of the molecule is CN(C)[C@H]1C(=O)C(C(N)=O)=C(O)[C@@]2(O)C(=O)C3=C(O)c4c(O)ccc(N5CCOCC5)c4C[C@H]3C[C@@H]12. The Morgan fingerprint density at radius 2 is 1.83 bits per heavy atom. The monoisotopic (exact) mass is 499 g/mol. The number of aliphatic hydroxyl groups excluding tert-OH is 2. The van der Waals surface area contributed by atoms with Crippen LogP contribution >= 0.6 is 0 Å². The van der Waals surface area contributed by atoms with Gasteiger partial charge in [-0.1, -0.05) is 0 Å². The fourth-order valence-electron chi connectivity index (χ4n) is 6.33. The molecular weight excluding hydrogens is 470 g/mol. The zero-order valence-electron chi connectivity index (χ0n) is 20.0. The Morgan fingerprint density at radius 1 is 1.17 bits per heavy atom. The summed E-state index contributed by atoms with van der Waals surface area (Å²) >= 11 is 0. The van der Waals surface area contributed by atoms with Crippen LogP contribution in [-0.2, 0) is 25.5 Å². The molecule has 1 heterocycles. The van der Waals surface area contributed by atoms with Gasteiger partial charge >= 0.3 is 0 Å². The number of hydrogen-bond acceptors (Lipinski definition) is 10.